The molecule has 14 heavy (non-hydrogen) atoms. The van der Waals surface area contributed by atoms with Crippen molar-refractivity contribution in [2.24, 2.45) is 0 Å². The Labute approximate surface area is 85.6 Å². The lowest BCUT2D eigenvalue weighted by molar-refractivity contribution is 0.367. The third-order valence-corrected chi connectivity index (χ3v) is 2.14. The molecule has 0 aliphatic rings. The van der Waals surface area contributed by atoms with Crippen molar-refractivity contribution in [3.8, 4) is 5.75 Å². The minimum absolute atomic E-state index is 0.884. The highest BCUT2D eigenvalue weighted by molar-refractivity contribution is 5.45. The first-order valence-corrected chi connectivity index (χ1v) is 4.95. The fraction of sp³-hybridized carbons (Fsp3) is 0.455. The smallest absolute Gasteiger partial charge is 0.119 e. The van der Waals surface area contributed by atoms with Gasteiger partial charge in [0.15, 0.2) is 0 Å². The van der Waals surface area contributed by atoms with Gasteiger partial charge >= 0.3 is 0 Å². The molecular formula is C11H18N2O. The minimum atomic E-state index is 0.884. The number of hydrogen-bond acceptors (Lipinski definition) is 3. The first-order chi connectivity index (χ1) is 6.80. The second-order valence-corrected chi connectivity index (χ2v) is 3.01. The molecule has 0 unspecified atom stereocenters. The van der Waals surface area contributed by atoms with Crippen LogP contribution in [-0.4, -0.2) is 25.2 Å². The third-order valence-electron chi connectivity index (χ3n) is 2.14. The largest absolute Gasteiger partial charge is 0.497 e. The Balaban J connectivity index is 2.58. The number of hydrazine groups is 1. The number of methoxy groups -OCH3 is 1. The lowest BCUT2D eigenvalue weighted by Crippen LogP contribution is -2.29. The number of hydrogen-bond donors (Lipinski definition) is 1. The predicted octanol–water partition coefficient (Wildman–Crippen LogP) is 2.36. The standard InChI is InChI=1S/C11H18N2O/c1-4-13(5-2)12-10-6-8-11(14-3)9-7-10/h6-9,12H,4-5H2,1-3H3. The van der Waals surface area contributed by atoms with Gasteiger partial charge in [0.2, 0.25) is 0 Å². The monoisotopic (exact) mass is 194 g/mol. The fourth-order valence-electron chi connectivity index (χ4n) is 1.23. The summed E-state index contributed by atoms with van der Waals surface area (Å²) >= 11 is 0. The Morgan fingerprint density at radius 2 is 1.71 bits per heavy atom. The summed E-state index contributed by atoms with van der Waals surface area (Å²) in [6.45, 7) is 6.23. The second kappa shape index (κ2) is 5.50. The molecule has 1 N–H and O–H groups in total. The Bertz CT molecular complexity index is 254. The zero-order valence-electron chi connectivity index (χ0n) is 9.08. The van der Waals surface area contributed by atoms with E-state index in [4.69, 9.17) is 4.74 Å². The van der Waals surface area contributed by atoms with E-state index in [0.29, 0.717) is 0 Å². The Hall–Kier alpha value is -1.22. The van der Waals surface area contributed by atoms with Crippen molar-refractivity contribution < 1.29 is 4.74 Å². The molecule has 0 aromatic heterocycles. The molecule has 3 heteroatoms. The summed E-state index contributed by atoms with van der Waals surface area (Å²) in [7, 11) is 1.67. The van der Waals surface area contributed by atoms with Crippen LogP contribution in [0.5, 0.6) is 5.75 Å². The predicted molar refractivity (Wildman–Crippen MR) is 59.5 cm³/mol. The maximum atomic E-state index is 5.09. The highest BCUT2D eigenvalue weighted by Gasteiger charge is 1.98. The van der Waals surface area contributed by atoms with Gasteiger partial charge in [-0.2, -0.15) is 0 Å². The molecule has 0 atom stereocenters. The average Bonchev–Trinajstić information content (AvgIpc) is 2.26. The number of anilines is 1. The maximum absolute atomic E-state index is 5.09. The molecule has 78 valence electrons. The molecule has 0 radical (unpaired) electrons. The molecule has 1 rings (SSSR count). The van der Waals surface area contributed by atoms with Crippen LogP contribution in [0.25, 0.3) is 0 Å². The zero-order chi connectivity index (χ0) is 10.4. The number of benzene rings is 1. The van der Waals surface area contributed by atoms with E-state index >= 15 is 0 Å². The zero-order valence-corrected chi connectivity index (χ0v) is 9.08. The summed E-state index contributed by atoms with van der Waals surface area (Å²) in [5, 5.41) is 2.14. The van der Waals surface area contributed by atoms with Crippen LogP contribution >= 0.6 is 0 Å². The molecule has 0 aliphatic carbocycles. The summed E-state index contributed by atoms with van der Waals surface area (Å²) < 4.78 is 5.09. The number of rotatable bonds is 5. The van der Waals surface area contributed by atoms with Gasteiger partial charge in [0.05, 0.1) is 7.11 Å². The fourth-order valence-corrected chi connectivity index (χ4v) is 1.23. The highest BCUT2D eigenvalue weighted by atomic mass is 16.5. The van der Waals surface area contributed by atoms with Gasteiger partial charge in [0, 0.05) is 18.8 Å². The molecule has 0 saturated heterocycles. The first-order valence-electron chi connectivity index (χ1n) is 4.95. The number of ether oxygens (including phenoxy) is 1. The molecule has 1 aromatic carbocycles. The molecule has 0 saturated carbocycles. The van der Waals surface area contributed by atoms with Crippen molar-refractivity contribution in [3.63, 3.8) is 0 Å². The summed E-state index contributed by atoms with van der Waals surface area (Å²) in [6.07, 6.45) is 0. The van der Waals surface area contributed by atoms with E-state index in [2.05, 4.69) is 24.3 Å². The number of nitrogens with zero attached hydrogens (tertiary/aromatic N) is 1. The molecular weight excluding hydrogens is 176 g/mol. The third kappa shape index (κ3) is 2.92. The van der Waals surface area contributed by atoms with Crippen LogP contribution in [0.1, 0.15) is 13.8 Å². The normalized spacial score (nSPS) is 10.3. The second-order valence-electron chi connectivity index (χ2n) is 3.01. The SMILES string of the molecule is CCN(CC)Nc1ccc(OC)cc1. The molecule has 0 heterocycles. The first kappa shape index (κ1) is 10.9. The molecule has 0 bridgehead atoms. The summed E-state index contributed by atoms with van der Waals surface area (Å²) in [4.78, 5) is 0. The van der Waals surface area contributed by atoms with E-state index in [1.807, 2.05) is 24.3 Å². The van der Waals surface area contributed by atoms with E-state index in [-0.39, 0.29) is 0 Å². The van der Waals surface area contributed by atoms with Gasteiger partial charge in [0.25, 0.3) is 0 Å². The van der Waals surface area contributed by atoms with Crippen LogP contribution in [0.3, 0.4) is 0 Å². The molecule has 3 nitrogen and oxygen atoms in total. The van der Waals surface area contributed by atoms with E-state index in [1.165, 1.54) is 0 Å². The quantitative estimate of drug-likeness (QED) is 0.728. The molecule has 0 spiro atoms. The Morgan fingerprint density at radius 1 is 1.14 bits per heavy atom. The van der Waals surface area contributed by atoms with Crippen molar-refractivity contribution in [1.29, 1.82) is 0 Å². The van der Waals surface area contributed by atoms with Gasteiger partial charge in [-0.3, -0.25) is 0 Å². The van der Waals surface area contributed by atoms with Crippen molar-refractivity contribution >= 4 is 5.69 Å². The maximum Gasteiger partial charge on any atom is 0.119 e. The minimum Gasteiger partial charge on any atom is -0.497 e. The van der Waals surface area contributed by atoms with Crippen molar-refractivity contribution in [2.45, 2.75) is 13.8 Å². The van der Waals surface area contributed by atoms with Crippen molar-refractivity contribution in [1.82, 2.24) is 5.01 Å². The molecule has 0 aliphatic heterocycles. The van der Waals surface area contributed by atoms with E-state index in [0.717, 1.165) is 24.5 Å². The van der Waals surface area contributed by atoms with Gasteiger partial charge in [-0.05, 0) is 24.3 Å². The summed E-state index contributed by atoms with van der Waals surface area (Å²) in [6, 6.07) is 7.92. The van der Waals surface area contributed by atoms with Gasteiger partial charge in [-0.25, -0.2) is 5.01 Å². The Kier molecular flexibility index (Phi) is 4.26. The molecule has 1 aromatic rings. The average molecular weight is 194 g/mol. The number of nitrogens with one attached hydrogen (secondary N) is 1. The van der Waals surface area contributed by atoms with Crippen LogP contribution < -0.4 is 10.2 Å². The van der Waals surface area contributed by atoms with Crippen molar-refractivity contribution in [3.05, 3.63) is 24.3 Å². The topological polar surface area (TPSA) is 24.5 Å². The summed E-state index contributed by atoms with van der Waals surface area (Å²) in [5.41, 5.74) is 4.40. The van der Waals surface area contributed by atoms with Gasteiger partial charge < -0.3 is 10.2 Å². The lowest BCUT2D eigenvalue weighted by Gasteiger charge is -2.20. The van der Waals surface area contributed by atoms with Gasteiger partial charge in [-0.15, -0.1) is 0 Å². The van der Waals surface area contributed by atoms with Crippen LogP contribution in [0, 0.1) is 0 Å². The Morgan fingerprint density at radius 3 is 2.14 bits per heavy atom. The highest BCUT2D eigenvalue weighted by Crippen LogP contribution is 2.15. The van der Waals surface area contributed by atoms with E-state index in [1.54, 1.807) is 7.11 Å². The van der Waals surface area contributed by atoms with E-state index in [9.17, 15) is 0 Å². The lowest BCUT2D eigenvalue weighted by atomic mass is 10.3. The van der Waals surface area contributed by atoms with E-state index < -0.39 is 0 Å². The molecule has 0 amide bonds. The van der Waals surface area contributed by atoms with Gasteiger partial charge in [0.1, 0.15) is 5.75 Å². The van der Waals surface area contributed by atoms with Gasteiger partial charge in [-0.1, -0.05) is 13.8 Å². The molecule has 0 fully saturated rings. The van der Waals surface area contributed by atoms with Crippen molar-refractivity contribution in [2.75, 3.05) is 25.6 Å². The van der Waals surface area contributed by atoms with Crippen LogP contribution in [0.4, 0.5) is 5.69 Å². The van der Waals surface area contributed by atoms with Crippen LogP contribution in [0.15, 0.2) is 24.3 Å². The summed E-state index contributed by atoms with van der Waals surface area (Å²) in [5.74, 6) is 0.884. The van der Waals surface area contributed by atoms with Crippen LogP contribution in [-0.2, 0) is 0 Å². The van der Waals surface area contributed by atoms with Crippen LogP contribution in [0.2, 0.25) is 0 Å².